The van der Waals surface area contributed by atoms with E-state index in [4.69, 9.17) is 14.8 Å². The van der Waals surface area contributed by atoms with Crippen molar-refractivity contribution in [2.45, 2.75) is 13.5 Å². The number of hydrogen-bond donors (Lipinski definition) is 0. The van der Waals surface area contributed by atoms with Crippen molar-refractivity contribution in [3.8, 4) is 11.8 Å². The van der Waals surface area contributed by atoms with Crippen LogP contribution >= 0.6 is 0 Å². The molecule has 0 fully saturated rings. The van der Waals surface area contributed by atoms with Crippen molar-refractivity contribution in [1.29, 1.82) is 5.26 Å². The lowest BCUT2D eigenvalue weighted by Crippen LogP contribution is -2.06. The standard InChI is InChI=1S/C17H16N2O2/c1-13-7-9-15(10-8-13)21-12-14-5-3-4-6-16(14)17(11-18)19-20-2/h3-10H,12H2,1-2H3/b19-17+. The van der Waals surface area contributed by atoms with Gasteiger partial charge in [-0.1, -0.05) is 47.1 Å². The van der Waals surface area contributed by atoms with Gasteiger partial charge in [0.1, 0.15) is 25.5 Å². The summed E-state index contributed by atoms with van der Waals surface area (Å²) in [6.07, 6.45) is 0. The first-order chi connectivity index (χ1) is 10.2. The van der Waals surface area contributed by atoms with Crippen LogP contribution < -0.4 is 4.74 Å². The SMILES string of the molecule is CO/N=C(\C#N)c1ccccc1COc1ccc(C)cc1. The summed E-state index contributed by atoms with van der Waals surface area (Å²) in [6, 6.07) is 17.4. The zero-order valence-electron chi connectivity index (χ0n) is 12.0. The molecule has 4 nitrogen and oxygen atoms in total. The summed E-state index contributed by atoms with van der Waals surface area (Å²) in [5.41, 5.74) is 3.02. The Bertz CT molecular complexity index is 670. The van der Waals surface area contributed by atoms with Gasteiger partial charge in [0, 0.05) is 5.56 Å². The van der Waals surface area contributed by atoms with E-state index in [0.717, 1.165) is 11.3 Å². The van der Waals surface area contributed by atoms with E-state index in [1.54, 1.807) is 0 Å². The molecule has 0 aromatic heterocycles. The second kappa shape index (κ2) is 7.11. The van der Waals surface area contributed by atoms with E-state index in [-0.39, 0.29) is 5.71 Å². The predicted octanol–water partition coefficient (Wildman–Crippen LogP) is 3.45. The van der Waals surface area contributed by atoms with Gasteiger partial charge < -0.3 is 9.57 Å². The highest BCUT2D eigenvalue weighted by atomic mass is 16.6. The molecule has 0 atom stereocenters. The summed E-state index contributed by atoms with van der Waals surface area (Å²) in [6.45, 7) is 2.39. The zero-order chi connectivity index (χ0) is 15.1. The molecule has 0 unspecified atom stereocenters. The van der Waals surface area contributed by atoms with Crippen LogP contribution in [0.3, 0.4) is 0 Å². The fraction of sp³-hybridized carbons (Fsp3) is 0.176. The van der Waals surface area contributed by atoms with E-state index in [9.17, 15) is 0 Å². The third-order valence-electron chi connectivity index (χ3n) is 2.98. The Morgan fingerprint density at radius 3 is 2.52 bits per heavy atom. The first kappa shape index (κ1) is 14.6. The van der Waals surface area contributed by atoms with E-state index in [1.807, 2.05) is 61.5 Å². The smallest absolute Gasteiger partial charge is 0.187 e. The molecule has 0 saturated heterocycles. The van der Waals surface area contributed by atoms with Crippen molar-refractivity contribution in [2.75, 3.05) is 7.11 Å². The normalized spacial score (nSPS) is 10.8. The zero-order valence-corrected chi connectivity index (χ0v) is 12.0. The summed E-state index contributed by atoms with van der Waals surface area (Å²) < 4.78 is 5.76. The quantitative estimate of drug-likeness (QED) is 0.622. The summed E-state index contributed by atoms with van der Waals surface area (Å²) in [5.74, 6) is 0.789. The molecule has 0 radical (unpaired) electrons. The number of nitrogens with zero attached hydrogens (tertiary/aromatic N) is 2. The van der Waals surface area contributed by atoms with Crippen molar-refractivity contribution in [3.05, 3.63) is 65.2 Å². The minimum atomic E-state index is 0.237. The van der Waals surface area contributed by atoms with Gasteiger partial charge in [-0.2, -0.15) is 5.26 Å². The highest BCUT2D eigenvalue weighted by molar-refractivity contribution is 6.12. The van der Waals surface area contributed by atoms with Crippen LogP contribution in [-0.2, 0) is 11.4 Å². The summed E-state index contributed by atoms with van der Waals surface area (Å²) in [5, 5.41) is 12.9. The Morgan fingerprint density at radius 1 is 1.14 bits per heavy atom. The van der Waals surface area contributed by atoms with Crippen LogP contribution in [0.1, 0.15) is 16.7 Å². The van der Waals surface area contributed by atoms with Gasteiger partial charge >= 0.3 is 0 Å². The molecule has 0 aliphatic carbocycles. The monoisotopic (exact) mass is 280 g/mol. The summed E-state index contributed by atoms with van der Waals surface area (Å²) in [4.78, 5) is 4.70. The second-order valence-corrected chi connectivity index (χ2v) is 4.49. The highest BCUT2D eigenvalue weighted by Crippen LogP contribution is 2.16. The number of benzene rings is 2. The Morgan fingerprint density at radius 2 is 1.86 bits per heavy atom. The molecule has 0 aliphatic rings. The first-order valence-corrected chi connectivity index (χ1v) is 6.53. The Labute approximate surface area is 124 Å². The van der Waals surface area contributed by atoms with Gasteiger partial charge in [-0.05, 0) is 24.6 Å². The summed E-state index contributed by atoms with van der Waals surface area (Å²) in [7, 11) is 1.42. The van der Waals surface area contributed by atoms with Gasteiger partial charge in [0.05, 0.1) is 0 Å². The molecule has 0 spiro atoms. The van der Waals surface area contributed by atoms with Crippen LogP contribution in [0.2, 0.25) is 0 Å². The maximum atomic E-state index is 9.15. The Hall–Kier alpha value is -2.80. The summed E-state index contributed by atoms with van der Waals surface area (Å²) >= 11 is 0. The average Bonchev–Trinajstić information content (AvgIpc) is 2.52. The van der Waals surface area contributed by atoms with Crippen molar-refractivity contribution in [3.63, 3.8) is 0 Å². The van der Waals surface area contributed by atoms with E-state index in [1.165, 1.54) is 12.7 Å². The van der Waals surface area contributed by atoms with Gasteiger partial charge in [0.2, 0.25) is 0 Å². The molecule has 2 aromatic carbocycles. The van der Waals surface area contributed by atoms with Gasteiger partial charge in [-0.3, -0.25) is 0 Å². The Kier molecular flexibility index (Phi) is 4.94. The first-order valence-electron chi connectivity index (χ1n) is 6.53. The molecule has 0 bridgehead atoms. The average molecular weight is 280 g/mol. The van der Waals surface area contributed by atoms with Crippen molar-refractivity contribution >= 4 is 5.71 Å². The molecule has 4 heteroatoms. The molecule has 2 rings (SSSR count). The molecule has 2 aromatic rings. The minimum absolute atomic E-state index is 0.237. The molecular formula is C17H16N2O2. The Balaban J connectivity index is 2.19. The van der Waals surface area contributed by atoms with Gasteiger partial charge in [0.25, 0.3) is 0 Å². The van der Waals surface area contributed by atoms with Crippen LogP contribution in [0.25, 0.3) is 0 Å². The largest absolute Gasteiger partial charge is 0.489 e. The van der Waals surface area contributed by atoms with Gasteiger partial charge in [-0.15, -0.1) is 0 Å². The minimum Gasteiger partial charge on any atom is -0.489 e. The fourth-order valence-corrected chi connectivity index (χ4v) is 1.89. The number of oxime groups is 1. The van der Waals surface area contributed by atoms with E-state index < -0.39 is 0 Å². The third-order valence-corrected chi connectivity index (χ3v) is 2.98. The highest BCUT2D eigenvalue weighted by Gasteiger charge is 2.09. The molecule has 0 aliphatic heterocycles. The molecule has 106 valence electrons. The van der Waals surface area contributed by atoms with E-state index in [0.29, 0.717) is 12.2 Å². The molecule has 0 saturated carbocycles. The lowest BCUT2D eigenvalue weighted by molar-refractivity contribution is 0.214. The fourth-order valence-electron chi connectivity index (χ4n) is 1.89. The van der Waals surface area contributed by atoms with E-state index >= 15 is 0 Å². The molecule has 21 heavy (non-hydrogen) atoms. The molecule has 0 N–H and O–H groups in total. The van der Waals surface area contributed by atoms with Crippen molar-refractivity contribution in [1.82, 2.24) is 0 Å². The van der Waals surface area contributed by atoms with Crippen LogP contribution in [0, 0.1) is 18.3 Å². The third kappa shape index (κ3) is 3.83. The molecular weight excluding hydrogens is 264 g/mol. The predicted molar refractivity (Wildman–Crippen MR) is 81.1 cm³/mol. The van der Waals surface area contributed by atoms with Crippen LogP contribution in [0.5, 0.6) is 5.75 Å². The number of ether oxygens (including phenoxy) is 1. The lowest BCUT2D eigenvalue weighted by Gasteiger charge is -2.10. The maximum absolute atomic E-state index is 9.15. The van der Waals surface area contributed by atoms with Crippen LogP contribution in [0.4, 0.5) is 0 Å². The molecule has 0 amide bonds. The number of rotatable bonds is 5. The van der Waals surface area contributed by atoms with Gasteiger partial charge in [0.15, 0.2) is 5.71 Å². The van der Waals surface area contributed by atoms with Crippen LogP contribution in [-0.4, -0.2) is 12.8 Å². The van der Waals surface area contributed by atoms with E-state index in [2.05, 4.69) is 5.16 Å². The maximum Gasteiger partial charge on any atom is 0.187 e. The molecule has 0 heterocycles. The number of hydrogen-bond acceptors (Lipinski definition) is 4. The van der Waals surface area contributed by atoms with Crippen molar-refractivity contribution in [2.24, 2.45) is 5.16 Å². The number of aryl methyl sites for hydroxylation is 1. The van der Waals surface area contributed by atoms with Crippen molar-refractivity contribution < 1.29 is 9.57 Å². The van der Waals surface area contributed by atoms with Crippen LogP contribution in [0.15, 0.2) is 53.7 Å². The number of nitriles is 1. The topological polar surface area (TPSA) is 54.6 Å². The van der Waals surface area contributed by atoms with Gasteiger partial charge in [-0.25, -0.2) is 0 Å². The lowest BCUT2D eigenvalue weighted by atomic mass is 10.0. The second-order valence-electron chi connectivity index (χ2n) is 4.49.